The predicted octanol–water partition coefficient (Wildman–Crippen LogP) is 4.47. The summed E-state index contributed by atoms with van der Waals surface area (Å²) in [5.41, 5.74) is 0.573. The van der Waals surface area contributed by atoms with Gasteiger partial charge in [0.2, 0.25) is 0 Å². The van der Waals surface area contributed by atoms with Gasteiger partial charge in [-0.2, -0.15) is 0 Å². The number of halogens is 2. The second-order valence-electron chi connectivity index (χ2n) is 4.73. The molecule has 1 nitrogen and oxygen atoms in total. The molecule has 1 aromatic carbocycles. The van der Waals surface area contributed by atoms with Crippen LogP contribution < -0.4 is 5.32 Å². The summed E-state index contributed by atoms with van der Waals surface area (Å²) >= 11 is 5.71. The van der Waals surface area contributed by atoms with E-state index < -0.39 is 0 Å². The summed E-state index contributed by atoms with van der Waals surface area (Å²) < 4.78 is 13.5. The lowest BCUT2D eigenvalue weighted by atomic mass is 9.87. The van der Waals surface area contributed by atoms with Crippen molar-refractivity contribution in [2.24, 2.45) is 5.92 Å². The molecule has 1 aliphatic rings. The van der Waals surface area contributed by atoms with Gasteiger partial charge in [0.25, 0.3) is 0 Å². The molecule has 0 radical (unpaired) electrons. The molecule has 1 N–H and O–H groups in total. The minimum absolute atomic E-state index is 0.258. The lowest BCUT2D eigenvalue weighted by Crippen LogP contribution is -2.25. The van der Waals surface area contributed by atoms with Crippen LogP contribution in [0.1, 0.15) is 32.6 Å². The summed E-state index contributed by atoms with van der Waals surface area (Å²) in [5, 5.41) is 3.71. The summed E-state index contributed by atoms with van der Waals surface area (Å²) in [7, 11) is 0. The molecule has 0 bridgehead atoms. The Hall–Kier alpha value is -0.760. The van der Waals surface area contributed by atoms with Crippen molar-refractivity contribution < 1.29 is 4.39 Å². The van der Waals surface area contributed by atoms with Crippen LogP contribution in [-0.2, 0) is 0 Å². The van der Waals surface area contributed by atoms with Gasteiger partial charge in [-0.15, -0.1) is 0 Å². The van der Waals surface area contributed by atoms with Gasteiger partial charge in [-0.25, -0.2) is 4.39 Å². The molecule has 1 fully saturated rings. The van der Waals surface area contributed by atoms with Crippen molar-refractivity contribution in [2.75, 3.05) is 5.32 Å². The van der Waals surface area contributed by atoms with Crippen LogP contribution in [0.25, 0.3) is 0 Å². The van der Waals surface area contributed by atoms with Gasteiger partial charge < -0.3 is 5.32 Å². The molecular weight excluding hydrogens is 225 g/mol. The van der Waals surface area contributed by atoms with E-state index in [0.29, 0.717) is 16.8 Å². The first-order valence-corrected chi connectivity index (χ1v) is 6.24. The molecular formula is C13H17ClFN. The van der Waals surface area contributed by atoms with Crippen LogP contribution in [0, 0.1) is 11.7 Å². The topological polar surface area (TPSA) is 12.0 Å². The highest BCUT2D eigenvalue weighted by Gasteiger charge is 2.18. The Morgan fingerprint density at radius 2 is 1.94 bits per heavy atom. The third-order valence-electron chi connectivity index (χ3n) is 3.31. The molecule has 0 saturated heterocycles. The third kappa shape index (κ3) is 2.88. The maximum atomic E-state index is 13.5. The van der Waals surface area contributed by atoms with Gasteiger partial charge in [0.05, 0.1) is 5.69 Å². The molecule has 88 valence electrons. The summed E-state index contributed by atoms with van der Waals surface area (Å²) in [6, 6.07) is 5.20. The quantitative estimate of drug-likeness (QED) is 0.806. The normalized spacial score (nSPS) is 25.4. The van der Waals surface area contributed by atoms with E-state index in [-0.39, 0.29) is 5.82 Å². The second-order valence-corrected chi connectivity index (χ2v) is 5.16. The average molecular weight is 242 g/mol. The molecule has 0 aliphatic heterocycles. The summed E-state index contributed by atoms with van der Waals surface area (Å²) in [5.74, 6) is 0.555. The van der Waals surface area contributed by atoms with E-state index in [1.54, 1.807) is 12.1 Å². The van der Waals surface area contributed by atoms with Crippen molar-refractivity contribution in [2.45, 2.75) is 38.6 Å². The number of rotatable bonds is 2. The van der Waals surface area contributed by atoms with Crippen molar-refractivity contribution >= 4 is 17.3 Å². The fraction of sp³-hybridized carbons (Fsp3) is 0.538. The van der Waals surface area contributed by atoms with Crippen molar-refractivity contribution in [3.8, 4) is 0 Å². The summed E-state index contributed by atoms with van der Waals surface area (Å²) in [6.07, 6.45) is 4.71. The van der Waals surface area contributed by atoms with Gasteiger partial charge in [-0.1, -0.05) is 18.5 Å². The number of hydrogen-bond donors (Lipinski definition) is 1. The van der Waals surface area contributed by atoms with E-state index in [1.807, 2.05) is 0 Å². The van der Waals surface area contributed by atoms with E-state index in [9.17, 15) is 4.39 Å². The number of nitrogens with one attached hydrogen (secondary N) is 1. The number of benzene rings is 1. The Balaban J connectivity index is 1.98. The van der Waals surface area contributed by atoms with Gasteiger partial charge in [0.1, 0.15) is 5.82 Å². The van der Waals surface area contributed by atoms with Gasteiger partial charge in [0.15, 0.2) is 0 Å². The molecule has 1 aromatic rings. The lowest BCUT2D eigenvalue weighted by Gasteiger charge is -2.27. The highest BCUT2D eigenvalue weighted by molar-refractivity contribution is 6.30. The minimum Gasteiger partial charge on any atom is -0.380 e. The summed E-state index contributed by atoms with van der Waals surface area (Å²) in [6.45, 7) is 2.28. The predicted molar refractivity (Wildman–Crippen MR) is 66.5 cm³/mol. The zero-order valence-electron chi connectivity index (χ0n) is 9.47. The monoisotopic (exact) mass is 241 g/mol. The molecule has 3 heteroatoms. The van der Waals surface area contributed by atoms with Gasteiger partial charge >= 0.3 is 0 Å². The average Bonchev–Trinajstić information content (AvgIpc) is 2.25. The minimum atomic E-state index is -0.258. The molecule has 16 heavy (non-hydrogen) atoms. The van der Waals surface area contributed by atoms with Crippen LogP contribution in [0.5, 0.6) is 0 Å². The zero-order valence-corrected chi connectivity index (χ0v) is 10.2. The number of anilines is 1. The smallest absolute Gasteiger partial charge is 0.147 e. The molecule has 0 amide bonds. The zero-order chi connectivity index (χ0) is 11.5. The van der Waals surface area contributed by atoms with E-state index in [2.05, 4.69) is 12.2 Å². The molecule has 0 spiro atoms. The van der Waals surface area contributed by atoms with Crippen LogP contribution in [0.3, 0.4) is 0 Å². The maximum Gasteiger partial charge on any atom is 0.147 e. The van der Waals surface area contributed by atoms with Crippen molar-refractivity contribution in [1.29, 1.82) is 0 Å². The maximum absolute atomic E-state index is 13.5. The third-order valence-corrected chi connectivity index (χ3v) is 3.54. The van der Waals surface area contributed by atoms with Gasteiger partial charge in [-0.05, 0) is 49.8 Å². The van der Waals surface area contributed by atoms with Crippen LogP contribution in [0.2, 0.25) is 5.02 Å². The van der Waals surface area contributed by atoms with Crippen molar-refractivity contribution in [3.05, 3.63) is 29.0 Å². The number of hydrogen-bond acceptors (Lipinski definition) is 1. The highest BCUT2D eigenvalue weighted by Crippen LogP contribution is 2.27. The molecule has 1 saturated carbocycles. The SMILES string of the molecule is CC1CCC(Nc2ccc(Cl)cc2F)CC1. The Morgan fingerprint density at radius 1 is 1.25 bits per heavy atom. The molecule has 0 atom stereocenters. The Kier molecular flexibility index (Phi) is 3.70. The second kappa shape index (κ2) is 5.05. The Labute approximate surface area is 101 Å². The fourth-order valence-corrected chi connectivity index (χ4v) is 2.39. The molecule has 0 aromatic heterocycles. The van der Waals surface area contributed by atoms with Gasteiger partial charge in [0, 0.05) is 11.1 Å². The Morgan fingerprint density at radius 3 is 2.56 bits per heavy atom. The van der Waals surface area contributed by atoms with Crippen LogP contribution >= 0.6 is 11.6 Å². The molecule has 0 unspecified atom stereocenters. The van der Waals surface area contributed by atoms with Crippen LogP contribution in [-0.4, -0.2) is 6.04 Å². The first-order valence-electron chi connectivity index (χ1n) is 5.87. The van der Waals surface area contributed by atoms with Crippen LogP contribution in [0.15, 0.2) is 18.2 Å². The van der Waals surface area contributed by atoms with Crippen molar-refractivity contribution in [1.82, 2.24) is 0 Å². The standard InChI is InChI=1S/C13H17ClFN/c1-9-2-5-11(6-3-9)16-13-7-4-10(14)8-12(13)15/h4,7-9,11,16H,2-3,5-6H2,1H3. The summed E-state index contributed by atoms with van der Waals surface area (Å²) in [4.78, 5) is 0. The van der Waals surface area contributed by atoms with E-state index in [4.69, 9.17) is 11.6 Å². The van der Waals surface area contributed by atoms with E-state index >= 15 is 0 Å². The highest BCUT2D eigenvalue weighted by atomic mass is 35.5. The lowest BCUT2D eigenvalue weighted by molar-refractivity contribution is 0.360. The van der Waals surface area contributed by atoms with E-state index in [0.717, 1.165) is 18.8 Å². The first-order chi connectivity index (χ1) is 7.65. The van der Waals surface area contributed by atoms with Crippen LogP contribution in [0.4, 0.5) is 10.1 Å². The molecule has 2 rings (SSSR count). The molecule has 1 aliphatic carbocycles. The molecule has 0 heterocycles. The van der Waals surface area contributed by atoms with Gasteiger partial charge in [-0.3, -0.25) is 0 Å². The van der Waals surface area contributed by atoms with Crippen molar-refractivity contribution in [3.63, 3.8) is 0 Å². The fourth-order valence-electron chi connectivity index (χ4n) is 2.23. The first kappa shape index (κ1) is 11.7. The van der Waals surface area contributed by atoms with E-state index in [1.165, 1.54) is 18.9 Å². The Bertz CT molecular complexity index is 359. The largest absolute Gasteiger partial charge is 0.380 e.